The number of aliphatic carboxylic acids is 2. The average molecular weight is 358 g/mol. The van der Waals surface area contributed by atoms with Crippen molar-refractivity contribution in [2.24, 2.45) is 0 Å². The van der Waals surface area contributed by atoms with Gasteiger partial charge in [0.15, 0.2) is 0 Å². The van der Waals surface area contributed by atoms with Crippen molar-refractivity contribution in [1.82, 2.24) is 0 Å². The SMILES string of the molecule is O=C(O[C@](C(=O)O)(C(=O)c1ccccc1)[C@H](O)C(=O)O)c1ccccc1. The van der Waals surface area contributed by atoms with Crippen LogP contribution in [0.4, 0.5) is 0 Å². The van der Waals surface area contributed by atoms with Crippen molar-refractivity contribution in [1.29, 1.82) is 0 Å². The Morgan fingerprint density at radius 3 is 1.69 bits per heavy atom. The highest BCUT2D eigenvalue weighted by molar-refractivity contribution is 6.19. The van der Waals surface area contributed by atoms with Crippen LogP contribution in [0, 0.1) is 0 Å². The topological polar surface area (TPSA) is 138 Å². The maximum Gasteiger partial charge on any atom is 0.360 e. The molecule has 2 aromatic rings. The number of hydrogen-bond acceptors (Lipinski definition) is 6. The molecule has 8 heteroatoms. The van der Waals surface area contributed by atoms with E-state index in [1.165, 1.54) is 48.5 Å². The molecule has 26 heavy (non-hydrogen) atoms. The van der Waals surface area contributed by atoms with Crippen LogP contribution >= 0.6 is 0 Å². The minimum Gasteiger partial charge on any atom is -0.479 e. The summed E-state index contributed by atoms with van der Waals surface area (Å²) in [5.41, 5.74) is -3.70. The van der Waals surface area contributed by atoms with Gasteiger partial charge in [0.1, 0.15) is 0 Å². The Balaban J connectivity index is 2.57. The Morgan fingerprint density at radius 1 is 0.808 bits per heavy atom. The van der Waals surface area contributed by atoms with Crippen LogP contribution in [0.15, 0.2) is 60.7 Å². The molecule has 0 aliphatic heterocycles. The van der Waals surface area contributed by atoms with Crippen LogP contribution in [0.1, 0.15) is 20.7 Å². The number of hydrogen-bond donors (Lipinski definition) is 3. The molecule has 8 nitrogen and oxygen atoms in total. The molecular formula is C18H14O8. The van der Waals surface area contributed by atoms with Gasteiger partial charge in [0.2, 0.25) is 11.9 Å². The molecule has 0 saturated carbocycles. The van der Waals surface area contributed by atoms with E-state index in [0.717, 1.165) is 0 Å². The Bertz CT molecular complexity index is 831. The van der Waals surface area contributed by atoms with Crippen molar-refractivity contribution < 1.29 is 39.2 Å². The number of ketones is 1. The quantitative estimate of drug-likeness (QED) is 0.378. The molecule has 0 bridgehead atoms. The second kappa shape index (κ2) is 7.58. The maximum absolute atomic E-state index is 12.7. The fourth-order valence-corrected chi connectivity index (χ4v) is 2.24. The summed E-state index contributed by atoms with van der Waals surface area (Å²) in [7, 11) is 0. The number of Topliss-reactive ketones (excluding diaryl/α,β-unsaturated/α-hetero) is 1. The molecule has 3 N–H and O–H groups in total. The van der Waals surface area contributed by atoms with E-state index in [1.54, 1.807) is 12.1 Å². The van der Waals surface area contributed by atoms with Gasteiger partial charge in [0.25, 0.3) is 0 Å². The van der Waals surface area contributed by atoms with Crippen molar-refractivity contribution in [3.8, 4) is 0 Å². The molecule has 2 atom stereocenters. The third-order valence-electron chi connectivity index (χ3n) is 3.57. The fraction of sp³-hybridized carbons (Fsp3) is 0.111. The van der Waals surface area contributed by atoms with E-state index in [0.29, 0.717) is 0 Å². The van der Waals surface area contributed by atoms with Gasteiger partial charge in [-0.25, -0.2) is 14.4 Å². The first-order valence-corrected chi connectivity index (χ1v) is 7.33. The number of ether oxygens (including phenoxy) is 1. The predicted octanol–water partition coefficient (Wildman–Crippen LogP) is 0.995. The Labute approximate surface area is 147 Å². The summed E-state index contributed by atoms with van der Waals surface area (Å²) in [6, 6.07) is 13.9. The maximum atomic E-state index is 12.7. The largest absolute Gasteiger partial charge is 0.479 e. The molecular weight excluding hydrogens is 344 g/mol. The number of esters is 1. The number of carboxylic acid groups (broad SMARTS) is 2. The van der Waals surface area contributed by atoms with Gasteiger partial charge in [-0.15, -0.1) is 0 Å². The van der Waals surface area contributed by atoms with Crippen LogP contribution in [0.25, 0.3) is 0 Å². The molecule has 0 heterocycles. The summed E-state index contributed by atoms with van der Waals surface area (Å²) >= 11 is 0. The van der Waals surface area contributed by atoms with Gasteiger partial charge >= 0.3 is 23.5 Å². The second-order valence-corrected chi connectivity index (χ2v) is 5.23. The lowest BCUT2D eigenvalue weighted by Crippen LogP contribution is -2.61. The summed E-state index contributed by atoms with van der Waals surface area (Å²) in [6.45, 7) is 0. The minimum atomic E-state index is -3.35. The van der Waals surface area contributed by atoms with E-state index in [1.807, 2.05) is 0 Å². The molecule has 0 aliphatic carbocycles. The van der Waals surface area contributed by atoms with Gasteiger partial charge in [-0.1, -0.05) is 48.5 Å². The second-order valence-electron chi connectivity index (χ2n) is 5.23. The van der Waals surface area contributed by atoms with Crippen molar-refractivity contribution in [3.05, 3.63) is 71.8 Å². The molecule has 2 aromatic carbocycles. The third-order valence-corrected chi connectivity index (χ3v) is 3.57. The van der Waals surface area contributed by atoms with Gasteiger partial charge < -0.3 is 20.1 Å². The summed E-state index contributed by atoms with van der Waals surface area (Å²) < 4.78 is 4.81. The summed E-state index contributed by atoms with van der Waals surface area (Å²) in [5, 5.41) is 28.6. The third kappa shape index (κ3) is 3.45. The number of carbonyl (C=O) groups is 4. The highest BCUT2D eigenvalue weighted by atomic mass is 16.6. The zero-order valence-electron chi connectivity index (χ0n) is 13.2. The first-order chi connectivity index (χ1) is 12.3. The number of aliphatic hydroxyl groups excluding tert-OH is 1. The monoisotopic (exact) mass is 358 g/mol. The summed E-state index contributed by atoms with van der Waals surface area (Å²) in [4.78, 5) is 48.1. The molecule has 0 aliphatic rings. The van der Waals surface area contributed by atoms with Crippen LogP contribution in [0.2, 0.25) is 0 Å². The zero-order valence-corrected chi connectivity index (χ0v) is 13.2. The highest BCUT2D eigenvalue weighted by Crippen LogP contribution is 2.25. The molecule has 134 valence electrons. The number of carboxylic acids is 2. The van der Waals surface area contributed by atoms with Crippen molar-refractivity contribution in [2.75, 3.05) is 0 Å². The summed E-state index contributed by atoms with van der Waals surface area (Å²) in [5.74, 6) is -6.77. The number of carbonyl (C=O) groups excluding carboxylic acids is 2. The van der Waals surface area contributed by atoms with Gasteiger partial charge in [-0.3, -0.25) is 4.79 Å². The molecule has 0 aromatic heterocycles. The van der Waals surface area contributed by atoms with Gasteiger partial charge in [0.05, 0.1) is 5.56 Å². The zero-order chi connectivity index (χ0) is 19.3. The highest BCUT2D eigenvalue weighted by Gasteiger charge is 2.59. The smallest absolute Gasteiger partial charge is 0.360 e. The minimum absolute atomic E-state index is 0.114. The number of rotatable bonds is 7. The molecule has 0 spiro atoms. The molecule has 0 radical (unpaired) electrons. The Morgan fingerprint density at radius 2 is 1.27 bits per heavy atom. The first kappa shape index (κ1) is 18.8. The van der Waals surface area contributed by atoms with Gasteiger partial charge in [-0.2, -0.15) is 0 Å². The van der Waals surface area contributed by atoms with E-state index in [-0.39, 0.29) is 11.1 Å². The molecule has 0 unspecified atom stereocenters. The van der Waals surface area contributed by atoms with Crippen molar-refractivity contribution in [3.63, 3.8) is 0 Å². The van der Waals surface area contributed by atoms with Crippen LogP contribution in [-0.4, -0.2) is 50.7 Å². The van der Waals surface area contributed by atoms with Crippen LogP contribution in [-0.2, 0) is 14.3 Å². The average Bonchev–Trinajstić information content (AvgIpc) is 2.65. The van der Waals surface area contributed by atoms with E-state index < -0.39 is 35.4 Å². The van der Waals surface area contributed by atoms with Gasteiger partial charge in [0, 0.05) is 5.56 Å². The van der Waals surface area contributed by atoms with E-state index in [4.69, 9.17) is 9.84 Å². The number of aliphatic hydroxyl groups is 1. The fourth-order valence-electron chi connectivity index (χ4n) is 2.24. The van der Waals surface area contributed by atoms with Crippen LogP contribution in [0.5, 0.6) is 0 Å². The molecule has 0 amide bonds. The lowest BCUT2D eigenvalue weighted by Gasteiger charge is -2.30. The molecule has 0 saturated heterocycles. The normalized spacial score (nSPS) is 13.9. The number of benzene rings is 2. The summed E-state index contributed by atoms with van der Waals surface area (Å²) in [6.07, 6.45) is -2.82. The van der Waals surface area contributed by atoms with Crippen LogP contribution in [0.3, 0.4) is 0 Å². The lowest BCUT2D eigenvalue weighted by atomic mass is 9.87. The molecule has 0 fully saturated rings. The lowest BCUT2D eigenvalue weighted by molar-refractivity contribution is -0.176. The van der Waals surface area contributed by atoms with E-state index in [2.05, 4.69) is 0 Å². The van der Waals surface area contributed by atoms with E-state index in [9.17, 15) is 29.4 Å². The van der Waals surface area contributed by atoms with Crippen LogP contribution < -0.4 is 0 Å². The Hall–Kier alpha value is -3.52. The standard InChI is InChI=1S/C18H14O8/c19-13(11-7-3-1-4-8-11)18(17(24)25,14(20)15(21)22)26-16(23)12-9-5-2-6-10-12/h1-10,14,20H,(H,21,22)(H,24,25)/t14-,18-/m1/s1. The van der Waals surface area contributed by atoms with E-state index >= 15 is 0 Å². The Kier molecular flexibility index (Phi) is 5.48. The predicted molar refractivity (Wildman–Crippen MR) is 86.6 cm³/mol. The molecule has 2 rings (SSSR count). The van der Waals surface area contributed by atoms with Crippen molar-refractivity contribution in [2.45, 2.75) is 11.7 Å². The first-order valence-electron chi connectivity index (χ1n) is 7.33. The van der Waals surface area contributed by atoms with Gasteiger partial charge in [-0.05, 0) is 12.1 Å². The van der Waals surface area contributed by atoms with Crippen molar-refractivity contribution >= 4 is 23.7 Å².